The molecule has 3 rings (SSSR count). The average molecular weight is 302 g/mol. The monoisotopic (exact) mass is 302 g/mol. The highest BCUT2D eigenvalue weighted by Gasteiger charge is 2.43. The maximum atomic E-state index is 12.4. The first-order chi connectivity index (χ1) is 10.7. The van der Waals surface area contributed by atoms with E-state index in [1.54, 1.807) is 0 Å². The number of para-hydroxylation sites is 1. The van der Waals surface area contributed by atoms with Crippen molar-refractivity contribution in [3.8, 4) is 0 Å². The molecule has 118 valence electrons. The molecule has 2 aliphatic rings. The van der Waals surface area contributed by atoms with Gasteiger partial charge < -0.3 is 14.5 Å². The van der Waals surface area contributed by atoms with E-state index in [1.165, 1.54) is 0 Å². The van der Waals surface area contributed by atoms with Crippen molar-refractivity contribution in [2.45, 2.75) is 44.7 Å². The third-order valence-electron chi connectivity index (χ3n) is 4.53. The fourth-order valence-corrected chi connectivity index (χ4v) is 3.62. The molecule has 0 radical (unpaired) electrons. The van der Waals surface area contributed by atoms with Crippen LogP contribution in [0.5, 0.6) is 0 Å². The van der Waals surface area contributed by atoms with Crippen molar-refractivity contribution in [2.75, 3.05) is 18.1 Å². The third-order valence-corrected chi connectivity index (χ3v) is 4.53. The van der Waals surface area contributed by atoms with Gasteiger partial charge in [0, 0.05) is 18.7 Å². The number of fused-ring (bicyclic) bond motifs is 1. The second-order valence-corrected chi connectivity index (χ2v) is 5.81. The van der Waals surface area contributed by atoms with Crippen LogP contribution in [0.4, 0.5) is 10.5 Å². The number of anilines is 1. The zero-order chi connectivity index (χ0) is 15.5. The van der Waals surface area contributed by atoms with Gasteiger partial charge >= 0.3 is 6.09 Å². The van der Waals surface area contributed by atoms with Gasteiger partial charge in [0.15, 0.2) is 0 Å². The third kappa shape index (κ3) is 2.67. The Kier molecular flexibility index (Phi) is 4.32. The highest BCUT2D eigenvalue weighted by molar-refractivity contribution is 5.95. The molecular formula is C17H22N2O3. The number of rotatable bonds is 2. The summed E-state index contributed by atoms with van der Waals surface area (Å²) in [5, 5.41) is 0. The van der Waals surface area contributed by atoms with Gasteiger partial charge in [-0.15, -0.1) is 0 Å². The van der Waals surface area contributed by atoms with Crippen molar-refractivity contribution < 1.29 is 14.3 Å². The molecule has 2 saturated heterocycles. The molecule has 2 atom stereocenters. The summed E-state index contributed by atoms with van der Waals surface area (Å²) in [7, 11) is 0. The summed E-state index contributed by atoms with van der Waals surface area (Å²) in [5.41, 5.74) is 0.924. The van der Waals surface area contributed by atoms with Crippen LogP contribution >= 0.6 is 0 Å². The quantitative estimate of drug-likeness (QED) is 0.844. The molecule has 22 heavy (non-hydrogen) atoms. The lowest BCUT2D eigenvalue weighted by Crippen LogP contribution is -2.61. The van der Waals surface area contributed by atoms with E-state index in [4.69, 9.17) is 4.74 Å². The molecule has 0 saturated carbocycles. The maximum Gasteiger partial charge on any atom is 0.410 e. The Morgan fingerprint density at radius 3 is 2.73 bits per heavy atom. The minimum atomic E-state index is -0.250. The van der Waals surface area contributed by atoms with Crippen LogP contribution in [0, 0.1) is 0 Å². The van der Waals surface area contributed by atoms with Crippen LogP contribution in [-0.4, -0.2) is 42.1 Å². The summed E-state index contributed by atoms with van der Waals surface area (Å²) in [5.74, 6) is 0.151. The molecule has 2 fully saturated rings. The van der Waals surface area contributed by atoms with Gasteiger partial charge in [-0.1, -0.05) is 18.2 Å². The zero-order valence-electron chi connectivity index (χ0n) is 12.9. The Hall–Kier alpha value is -2.04. The number of hydrogen-bond acceptors (Lipinski definition) is 3. The summed E-state index contributed by atoms with van der Waals surface area (Å²) in [4.78, 5) is 28.3. The topological polar surface area (TPSA) is 49.9 Å². The minimum absolute atomic E-state index is 0.0572. The lowest BCUT2D eigenvalue weighted by atomic mass is 9.87. The van der Waals surface area contributed by atoms with E-state index in [-0.39, 0.29) is 24.1 Å². The van der Waals surface area contributed by atoms with Crippen LogP contribution in [0.1, 0.15) is 32.6 Å². The lowest BCUT2D eigenvalue weighted by Gasteiger charge is -2.48. The number of nitrogens with zero attached hydrogens (tertiary/aromatic N) is 2. The number of carbonyl (C=O) groups is 2. The number of benzene rings is 1. The van der Waals surface area contributed by atoms with E-state index in [0.29, 0.717) is 13.0 Å². The lowest BCUT2D eigenvalue weighted by molar-refractivity contribution is -0.122. The van der Waals surface area contributed by atoms with Crippen molar-refractivity contribution in [1.82, 2.24) is 4.90 Å². The van der Waals surface area contributed by atoms with Crippen molar-refractivity contribution in [3.05, 3.63) is 30.3 Å². The molecule has 1 aromatic rings. The summed E-state index contributed by atoms with van der Waals surface area (Å²) >= 11 is 0. The Morgan fingerprint density at radius 1 is 1.23 bits per heavy atom. The van der Waals surface area contributed by atoms with Gasteiger partial charge in [-0.05, 0) is 38.3 Å². The van der Waals surface area contributed by atoms with Crippen molar-refractivity contribution in [2.24, 2.45) is 0 Å². The molecule has 5 nitrogen and oxygen atoms in total. The molecule has 5 heteroatoms. The van der Waals surface area contributed by atoms with Crippen molar-refractivity contribution >= 4 is 17.7 Å². The molecule has 0 aromatic heterocycles. The normalized spacial score (nSPS) is 24.9. The highest BCUT2D eigenvalue weighted by atomic mass is 16.6. The van der Waals surface area contributed by atoms with Crippen LogP contribution in [-0.2, 0) is 9.53 Å². The van der Waals surface area contributed by atoms with E-state index < -0.39 is 0 Å². The molecule has 0 N–H and O–H groups in total. The van der Waals surface area contributed by atoms with Gasteiger partial charge in [-0.2, -0.15) is 0 Å². The SMILES string of the molecule is CCOC(=O)N1CCC[C@@H]2[C@@H]1CCC(=O)N2c1ccccc1. The highest BCUT2D eigenvalue weighted by Crippen LogP contribution is 2.34. The number of piperidine rings is 2. The number of ether oxygens (including phenoxy) is 1. The van der Waals surface area contributed by atoms with Gasteiger partial charge in [0.05, 0.1) is 18.7 Å². The first-order valence-corrected chi connectivity index (χ1v) is 8.03. The van der Waals surface area contributed by atoms with Crippen LogP contribution < -0.4 is 4.90 Å². The van der Waals surface area contributed by atoms with Gasteiger partial charge in [0.25, 0.3) is 0 Å². The van der Waals surface area contributed by atoms with Crippen LogP contribution in [0.2, 0.25) is 0 Å². The van der Waals surface area contributed by atoms with Gasteiger partial charge in [0.2, 0.25) is 5.91 Å². The van der Waals surface area contributed by atoms with Gasteiger partial charge in [0.1, 0.15) is 0 Å². The zero-order valence-corrected chi connectivity index (χ0v) is 12.9. The molecule has 0 unspecified atom stereocenters. The molecule has 1 aromatic carbocycles. The van der Waals surface area contributed by atoms with Gasteiger partial charge in [-0.3, -0.25) is 4.79 Å². The average Bonchev–Trinajstić information content (AvgIpc) is 2.55. The molecule has 0 bridgehead atoms. The van der Waals surface area contributed by atoms with Crippen LogP contribution in [0.3, 0.4) is 0 Å². The maximum absolute atomic E-state index is 12.4. The van der Waals surface area contributed by atoms with E-state index in [1.807, 2.05) is 47.1 Å². The van der Waals surface area contributed by atoms with Crippen LogP contribution in [0.25, 0.3) is 0 Å². The first kappa shape index (κ1) is 14.9. The predicted molar refractivity (Wildman–Crippen MR) is 83.7 cm³/mol. The standard InChI is InChI=1S/C17H22N2O3/c1-2-22-17(21)18-12-6-9-15-14(18)10-11-16(20)19(15)13-7-4-3-5-8-13/h3-5,7-8,14-15H,2,6,9-12H2,1H3/t14-,15+/m0/s1. The smallest absolute Gasteiger partial charge is 0.410 e. The number of hydrogen-bond donors (Lipinski definition) is 0. The van der Waals surface area contributed by atoms with Gasteiger partial charge in [-0.25, -0.2) is 4.79 Å². The fraction of sp³-hybridized carbons (Fsp3) is 0.529. The summed E-state index contributed by atoms with van der Waals surface area (Å²) in [6.45, 7) is 2.92. The second-order valence-electron chi connectivity index (χ2n) is 5.81. The molecule has 2 amide bonds. The summed E-state index contributed by atoms with van der Waals surface area (Å²) in [6, 6.07) is 9.87. The van der Waals surface area contributed by atoms with E-state index in [2.05, 4.69) is 0 Å². The van der Waals surface area contributed by atoms with Crippen molar-refractivity contribution in [1.29, 1.82) is 0 Å². The fourth-order valence-electron chi connectivity index (χ4n) is 3.62. The minimum Gasteiger partial charge on any atom is -0.450 e. The van der Waals surface area contributed by atoms with E-state index >= 15 is 0 Å². The van der Waals surface area contributed by atoms with E-state index in [9.17, 15) is 9.59 Å². The summed E-state index contributed by atoms with van der Waals surface area (Å²) in [6.07, 6.45) is 2.79. The summed E-state index contributed by atoms with van der Waals surface area (Å²) < 4.78 is 5.18. The Bertz CT molecular complexity index is 546. The Labute approximate surface area is 130 Å². The van der Waals surface area contributed by atoms with Crippen molar-refractivity contribution in [3.63, 3.8) is 0 Å². The molecule has 2 heterocycles. The largest absolute Gasteiger partial charge is 0.450 e. The first-order valence-electron chi connectivity index (χ1n) is 8.03. The van der Waals surface area contributed by atoms with Crippen LogP contribution in [0.15, 0.2) is 30.3 Å². The molecule has 0 spiro atoms. The number of likely N-dealkylation sites (tertiary alicyclic amines) is 1. The predicted octanol–water partition coefficient (Wildman–Crippen LogP) is 2.80. The Morgan fingerprint density at radius 2 is 2.00 bits per heavy atom. The molecule has 2 aliphatic heterocycles. The number of amides is 2. The van der Waals surface area contributed by atoms with E-state index in [0.717, 1.165) is 31.5 Å². The molecular weight excluding hydrogens is 280 g/mol. The number of carbonyl (C=O) groups excluding carboxylic acids is 2. The molecule has 0 aliphatic carbocycles. The Balaban J connectivity index is 1.87. The second kappa shape index (κ2) is 6.38.